The van der Waals surface area contributed by atoms with Crippen LogP contribution < -0.4 is 0 Å². The van der Waals surface area contributed by atoms with E-state index in [1.54, 1.807) is 4.90 Å². The lowest BCUT2D eigenvalue weighted by atomic mass is 9.72. The van der Waals surface area contributed by atoms with Crippen molar-refractivity contribution in [3.63, 3.8) is 0 Å². The van der Waals surface area contributed by atoms with Crippen molar-refractivity contribution in [3.05, 3.63) is 35.9 Å². The Morgan fingerprint density at radius 3 is 2.50 bits per heavy atom. The summed E-state index contributed by atoms with van der Waals surface area (Å²) in [6, 6.07) is 9.47. The van der Waals surface area contributed by atoms with Crippen molar-refractivity contribution < 1.29 is 19.4 Å². The summed E-state index contributed by atoms with van der Waals surface area (Å²) >= 11 is 0. The van der Waals surface area contributed by atoms with Crippen molar-refractivity contribution >= 4 is 11.9 Å². The molecule has 0 spiro atoms. The molecule has 1 aliphatic heterocycles. The second-order valence-electron chi connectivity index (χ2n) is 7.52. The van der Waals surface area contributed by atoms with Gasteiger partial charge in [-0.3, -0.25) is 4.79 Å². The zero-order valence-electron chi connectivity index (χ0n) is 14.9. The topological polar surface area (TPSA) is 66.8 Å². The van der Waals surface area contributed by atoms with Gasteiger partial charge in [-0.05, 0) is 5.56 Å². The van der Waals surface area contributed by atoms with Gasteiger partial charge in [-0.25, -0.2) is 4.79 Å². The van der Waals surface area contributed by atoms with Crippen molar-refractivity contribution in [3.8, 4) is 0 Å². The van der Waals surface area contributed by atoms with Gasteiger partial charge < -0.3 is 14.7 Å². The predicted molar refractivity (Wildman–Crippen MR) is 91.3 cm³/mol. The molecule has 2 atom stereocenters. The third kappa shape index (κ3) is 4.15. The second kappa shape index (κ2) is 7.34. The molecule has 1 heterocycles. The summed E-state index contributed by atoms with van der Waals surface area (Å²) in [5.74, 6) is -0.769. The van der Waals surface area contributed by atoms with E-state index in [9.17, 15) is 14.7 Å². The number of Topliss-reactive ketones (excluding diaryl/α,β-unsaturated/α-hetero) is 1. The Hall–Kier alpha value is -1.88. The highest BCUT2D eigenvalue weighted by atomic mass is 16.6. The van der Waals surface area contributed by atoms with Gasteiger partial charge in [-0.15, -0.1) is 0 Å². The van der Waals surface area contributed by atoms with Gasteiger partial charge in [-0.1, -0.05) is 58.0 Å². The minimum Gasteiger partial charge on any atom is -0.445 e. The number of nitrogens with zero attached hydrogens (tertiary/aromatic N) is 1. The van der Waals surface area contributed by atoms with E-state index in [-0.39, 0.29) is 24.9 Å². The summed E-state index contributed by atoms with van der Waals surface area (Å²) in [4.78, 5) is 26.4. The minimum absolute atomic E-state index is 0.0175. The van der Waals surface area contributed by atoms with Gasteiger partial charge in [0.25, 0.3) is 0 Å². The van der Waals surface area contributed by atoms with E-state index in [1.807, 2.05) is 58.0 Å². The van der Waals surface area contributed by atoms with Gasteiger partial charge in [-0.2, -0.15) is 0 Å². The minimum atomic E-state index is -0.759. The summed E-state index contributed by atoms with van der Waals surface area (Å²) < 4.78 is 5.38. The molecule has 1 amide bonds. The lowest BCUT2D eigenvalue weighted by Gasteiger charge is -2.45. The molecule has 1 aliphatic rings. The number of amides is 1. The number of aliphatic hydroxyl groups is 1. The number of carbonyl (C=O) groups excluding carboxylic acids is 2. The molecular formula is C19H27NO4. The standard InChI is InChI=1S/C19H27NO4/c1-13(2)16(21)15-10-20(12-19(3,4)17(15)22)18(23)24-11-14-8-6-5-7-9-14/h5-9,13,15,17,22H,10-12H2,1-4H3. The molecule has 132 valence electrons. The van der Waals surface area contributed by atoms with Crippen molar-refractivity contribution in [1.82, 2.24) is 4.90 Å². The summed E-state index contributed by atoms with van der Waals surface area (Å²) in [5, 5.41) is 10.5. The number of rotatable bonds is 4. The molecule has 0 aliphatic carbocycles. The van der Waals surface area contributed by atoms with E-state index in [1.165, 1.54) is 0 Å². The van der Waals surface area contributed by atoms with E-state index in [0.717, 1.165) is 5.56 Å². The molecule has 5 nitrogen and oxygen atoms in total. The first-order chi connectivity index (χ1) is 11.2. The summed E-state index contributed by atoms with van der Waals surface area (Å²) in [6.45, 7) is 8.13. The molecule has 1 saturated heterocycles. The second-order valence-corrected chi connectivity index (χ2v) is 7.52. The number of hydrogen-bond acceptors (Lipinski definition) is 4. The number of piperidine rings is 1. The zero-order valence-corrected chi connectivity index (χ0v) is 14.9. The largest absolute Gasteiger partial charge is 0.445 e. The molecule has 1 aromatic rings. The third-order valence-electron chi connectivity index (χ3n) is 4.60. The van der Waals surface area contributed by atoms with Crippen LogP contribution in [0.15, 0.2) is 30.3 Å². The number of ether oxygens (including phenoxy) is 1. The van der Waals surface area contributed by atoms with Crippen LogP contribution in [-0.2, 0) is 16.1 Å². The first-order valence-corrected chi connectivity index (χ1v) is 8.40. The van der Waals surface area contributed by atoms with Gasteiger partial charge in [0.15, 0.2) is 0 Å². The number of benzene rings is 1. The molecule has 0 bridgehead atoms. The fraction of sp³-hybridized carbons (Fsp3) is 0.579. The fourth-order valence-corrected chi connectivity index (χ4v) is 3.16. The normalized spacial score (nSPS) is 23.2. The summed E-state index contributed by atoms with van der Waals surface area (Å²) in [6.07, 6.45) is -1.20. The van der Waals surface area contributed by atoms with Crippen molar-refractivity contribution in [1.29, 1.82) is 0 Å². The molecule has 5 heteroatoms. The van der Waals surface area contributed by atoms with E-state index in [4.69, 9.17) is 4.74 Å². The highest BCUT2D eigenvalue weighted by Crippen LogP contribution is 2.34. The highest BCUT2D eigenvalue weighted by Gasteiger charge is 2.46. The Morgan fingerprint density at radius 1 is 1.29 bits per heavy atom. The molecule has 24 heavy (non-hydrogen) atoms. The first kappa shape index (κ1) is 18.5. The molecule has 1 N–H and O–H groups in total. The summed E-state index contributed by atoms with van der Waals surface area (Å²) in [7, 11) is 0. The van der Waals surface area contributed by atoms with Gasteiger partial charge in [0.05, 0.1) is 12.0 Å². The number of carbonyl (C=O) groups is 2. The molecule has 2 unspecified atom stereocenters. The lowest BCUT2D eigenvalue weighted by molar-refractivity contribution is -0.139. The van der Waals surface area contributed by atoms with Gasteiger partial charge in [0.2, 0.25) is 0 Å². The number of likely N-dealkylation sites (tertiary alicyclic amines) is 1. The Balaban J connectivity index is 2.06. The smallest absolute Gasteiger partial charge is 0.410 e. The molecule has 0 radical (unpaired) electrons. The SMILES string of the molecule is CC(C)C(=O)C1CN(C(=O)OCc2ccccc2)CC(C)(C)C1O. The number of ketones is 1. The monoisotopic (exact) mass is 333 g/mol. The molecule has 1 aromatic carbocycles. The van der Waals surface area contributed by atoms with Crippen LogP contribution in [0.25, 0.3) is 0 Å². The molecular weight excluding hydrogens is 306 g/mol. The maximum absolute atomic E-state index is 12.4. The lowest BCUT2D eigenvalue weighted by Crippen LogP contribution is -2.58. The first-order valence-electron chi connectivity index (χ1n) is 8.40. The Morgan fingerprint density at radius 2 is 1.92 bits per heavy atom. The van der Waals surface area contributed by atoms with Crippen LogP contribution in [0.4, 0.5) is 4.79 Å². The predicted octanol–water partition coefficient (Wildman–Crippen LogP) is 2.87. The van der Waals surface area contributed by atoms with Crippen molar-refractivity contribution in [2.45, 2.75) is 40.4 Å². The highest BCUT2D eigenvalue weighted by molar-refractivity contribution is 5.84. The van der Waals surface area contributed by atoms with Crippen molar-refractivity contribution in [2.75, 3.05) is 13.1 Å². The average molecular weight is 333 g/mol. The quantitative estimate of drug-likeness (QED) is 0.920. The van der Waals surface area contributed by atoms with Crippen LogP contribution in [0.2, 0.25) is 0 Å². The van der Waals surface area contributed by atoms with Crippen LogP contribution in [0.1, 0.15) is 33.3 Å². The van der Waals surface area contributed by atoms with E-state index in [2.05, 4.69) is 0 Å². The Kier molecular flexibility index (Phi) is 5.65. The van der Waals surface area contributed by atoms with E-state index in [0.29, 0.717) is 6.54 Å². The molecule has 2 rings (SSSR count). The number of hydrogen-bond donors (Lipinski definition) is 1. The van der Waals surface area contributed by atoms with Gasteiger partial charge in [0, 0.05) is 24.4 Å². The number of aliphatic hydroxyl groups excluding tert-OH is 1. The molecule has 0 saturated carbocycles. The van der Waals surface area contributed by atoms with Crippen LogP contribution >= 0.6 is 0 Å². The Labute approximate surface area is 143 Å². The van der Waals surface area contributed by atoms with Gasteiger partial charge in [0.1, 0.15) is 12.4 Å². The third-order valence-corrected chi connectivity index (χ3v) is 4.60. The Bertz CT molecular complexity index is 582. The zero-order chi connectivity index (χ0) is 17.9. The molecule has 0 aromatic heterocycles. The van der Waals surface area contributed by atoms with Crippen LogP contribution in [0, 0.1) is 17.3 Å². The van der Waals surface area contributed by atoms with E-state index >= 15 is 0 Å². The van der Waals surface area contributed by atoms with Crippen LogP contribution in [0.5, 0.6) is 0 Å². The summed E-state index contributed by atoms with van der Waals surface area (Å²) in [5.41, 5.74) is 0.358. The van der Waals surface area contributed by atoms with Gasteiger partial charge >= 0.3 is 6.09 Å². The molecule has 1 fully saturated rings. The fourth-order valence-electron chi connectivity index (χ4n) is 3.16. The maximum atomic E-state index is 12.4. The van der Waals surface area contributed by atoms with Crippen LogP contribution in [0.3, 0.4) is 0 Å². The van der Waals surface area contributed by atoms with Crippen molar-refractivity contribution in [2.24, 2.45) is 17.3 Å². The van der Waals surface area contributed by atoms with E-state index < -0.39 is 23.5 Å². The van der Waals surface area contributed by atoms with Crippen LogP contribution in [-0.4, -0.2) is 41.1 Å². The maximum Gasteiger partial charge on any atom is 0.410 e. The average Bonchev–Trinajstić information content (AvgIpc) is 2.55.